The van der Waals surface area contributed by atoms with E-state index in [4.69, 9.17) is 16.3 Å². The highest BCUT2D eigenvalue weighted by Crippen LogP contribution is 2.22. The fourth-order valence-electron chi connectivity index (χ4n) is 1.67. The maximum atomic E-state index is 5.97. The normalized spacial score (nSPS) is 10.3. The number of hydrogen-bond acceptors (Lipinski definition) is 2. The number of benzene rings is 2. The number of rotatable bonds is 5. The van der Waals surface area contributed by atoms with Gasteiger partial charge in [-0.15, -0.1) is 0 Å². The van der Waals surface area contributed by atoms with Crippen LogP contribution in [0.3, 0.4) is 0 Å². The fraction of sp³-hybridized carbons (Fsp3) is 0.200. The molecule has 2 rings (SSSR count). The van der Waals surface area contributed by atoms with Gasteiger partial charge in [-0.3, -0.25) is 0 Å². The molecule has 19 heavy (non-hydrogen) atoms. The Morgan fingerprint density at radius 1 is 1.21 bits per heavy atom. The van der Waals surface area contributed by atoms with Gasteiger partial charge >= 0.3 is 0 Å². The van der Waals surface area contributed by atoms with E-state index in [1.807, 2.05) is 49.4 Å². The van der Waals surface area contributed by atoms with Crippen LogP contribution in [-0.2, 0) is 0 Å². The molecule has 0 aliphatic carbocycles. The topological polar surface area (TPSA) is 21.3 Å². The van der Waals surface area contributed by atoms with Crippen molar-refractivity contribution in [3.63, 3.8) is 0 Å². The molecule has 0 aromatic heterocycles. The number of anilines is 1. The lowest BCUT2D eigenvalue weighted by atomic mass is 10.2. The van der Waals surface area contributed by atoms with Crippen molar-refractivity contribution >= 4 is 33.2 Å². The van der Waals surface area contributed by atoms with Crippen molar-refractivity contribution in [3.8, 4) is 5.75 Å². The molecule has 0 fully saturated rings. The molecule has 0 aliphatic rings. The summed E-state index contributed by atoms with van der Waals surface area (Å²) in [6.07, 6.45) is 0. The van der Waals surface area contributed by atoms with Gasteiger partial charge in [0.1, 0.15) is 12.4 Å². The summed E-state index contributed by atoms with van der Waals surface area (Å²) in [6, 6.07) is 13.7. The number of halogens is 2. The van der Waals surface area contributed by atoms with E-state index in [2.05, 4.69) is 21.2 Å². The lowest BCUT2D eigenvalue weighted by Crippen LogP contribution is -2.11. The van der Waals surface area contributed by atoms with Crippen LogP contribution in [0.4, 0.5) is 5.69 Å². The minimum absolute atomic E-state index is 0.600. The largest absolute Gasteiger partial charge is 0.492 e. The molecule has 2 aromatic rings. The predicted octanol–water partition coefficient (Wildman–Crippen LogP) is 4.90. The molecular weight excluding hydrogens is 326 g/mol. The fourth-order valence-corrected chi connectivity index (χ4v) is 2.21. The number of nitrogens with one attached hydrogen (secondary N) is 1. The van der Waals surface area contributed by atoms with E-state index in [1.165, 1.54) is 0 Å². The van der Waals surface area contributed by atoms with Crippen LogP contribution in [0.25, 0.3) is 0 Å². The molecule has 0 heterocycles. The molecule has 0 saturated heterocycles. The SMILES string of the molecule is Cc1cc(OCCNc2ccccc2Br)ccc1Cl. The van der Waals surface area contributed by atoms with E-state index in [-0.39, 0.29) is 0 Å². The lowest BCUT2D eigenvalue weighted by Gasteiger charge is -2.10. The van der Waals surface area contributed by atoms with Gasteiger partial charge < -0.3 is 10.1 Å². The second-order valence-electron chi connectivity index (χ2n) is 4.17. The molecular formula is C15H15BrClNO. The second kappa shape index (κ2) is 6.83. The smallest absolute Gasteiger partial charge is 0.119 e. The molecule has 0 saturated carbocycles. The predicted molar refractivity (Wildman–Crippen MR) is 84.3 cm³/mol. The Kier molecular flexibility index (Phi) is 5.11. The Bertz CT molecular complexity index is 560. The molecule has 1 N–H and O–H groups in total. The van der Waals surface area contributed by atoms with Crippen molar-refractivity contribution < 1.29 is 4.74 Å². The van der Waals surface area contributed by atoms with Crippen molar-refractivity contribution in [1.82, 2.24) is 0 Å². The van der Waals surface area contributed by atoms with Crippen LogP contribution >= 0.6 is 27.5 Å². The summed E-state index contributed by atoms with van der Waals surface area (Å²) in [5.41, 5.74) is 2.09. The molecule has 0 amide bonds. The quantitative estimate of drug-likeness (QED) is 0.782. The molecule has 0 atom stereocenters. The third kappa shape index (κ3) is 4.15. The number of ether oxygens (including phenoxy) is 1. The Morgan fingerprint density at radius 2 is 2.00 bits per heavy atom. The Morgan fingerprint density at radius 3 is 2.74 bits per heavy atom. The molecule has 0 aliphatic heterocycles. The highest BCUT2D eigenvalue weighted by atomic mass is 79.9. The molecule has 0 unspecified atom stereocenters. The van der Waals surface area contributed by atoms with E-state index in [0.29, 0.717) is 6.61 Å². The van der Waals surface area contributed by atoms with E-state index in [1.54, 1.807) is 0 Å². The van der Waals surface area contributed by atoms with Crippen LogP contribution in [0.2, 0.25) is 5.02 Å². The number of hydrogen-bond donors (Lipinski definition) is 1. The average molecular weight is 341 g/mol. The molecule has 0 spiro atoms. The first kappa shape index (κ1) is 14.2. The summed E-state index contributed by atoms with van der Waals surface area (Å²) in [7, 11) is 0. The average Bonchev–Trinajstić information content (AvgIpc) is 2.40. The zero-order valence-electron chi connectivity index (χ0n) is 10.6. The van der Waals surface area contributed by atoms with Crippen LogP contribution < -0.4 is 10.1 Å². The molecule has 100 valence electrons. The summed E-state index contributed by atoms with van der Waals surface area (Å²) >= 11 is 9.46. The first-order valence-corrected chi connectivity index (χ1v) is 7.21. The van der Waals surface area contributed by atoms with Crippen LogP contribution in [0.1, 0.15) is 5.56 Å². The third-order valence-corrected chi connectivity index (χ3v) is 3.81. The summed E-state index contributed by atoms with van der Waals surface area (Å²) in [5.74, 6) is 0.843. The molecule has 2 nitrogen and oxygen atoms in total. The van der Waals surface area contributed by atoms with E-state index >= 15 is 0 Å². The molecule has 0 radical (unpaired) electrons. The monoisotopic (exact) mass is 339 g/mol. The number of para-hydroxylation sites is 1. The second-order valence-corrected chi connectivity index (χ2v) is 5.43. The highest BCUT2D eigenvalue weighted by Gasteiger charge is 1.99. The first-order chi connectivity index (χ1) is 9.16. The van der Waals surface area contributed by atoms with E-state index in [9.17, 15) is 0 Å². The minimum atomic E-state index is 0.600. The molecule has 0 bridgehead atoms. The van der Waals surface area contributed by atoms with Crippen molar-refractivity contribution in [1.29, 1.82) is 0 Å². The van der Waals surface area contributed by atoms with Crippen LogP contribution in [0.15, 0.2) is 46.9 Å². The van der Waals surface area contributed by atoms with Gasteiger partial charge in [-0.1, -0.05) is 23.7 Å². The maximum Gasteiger partial charge on any atom is 0.119 e. The van der Waals surface area contributed by atoms with Gasteiger partial charge in [0.05, 0.1) is 0 Å². The van der Waals surface area contributed by atoms with Crippen LogP contribution in [0, 0.1) is 6.92 Å². The van der Waals surface area contributed by atoms with Gasteiger partial charge in [0.15, 0.2) is 0 Å². The summed E-state index contributed by atoms with van der Waals surface area (Å²) in [6.45, 7) is 3.31. The summed E-state index contributed by atoms with van der Waals surface area (Å²) in [4.78, 5) is 0. The maximum absolute atomic E-state index is 5.97. The van der Waals surface area contributed by atoms with Crippen molar-refractivity contribution in [2.75, 3.05) is 18.5 Å². The van der Waals surface area contributed by atoms with Gasteiger partial charge in [0.2, 0.25) is 0 Å². The Labute approximate surface area is 126 Å². The van der Waals surface area contributed by atoms with Gasteiger partial charge in [0, 0.05) is 21.7 Å². The van der Waals surface area contributed by atoms with Gasteiger partial charge in [-0.25, -0.2) is 0 Å². The number of aryl methyl sites for hydroxylation is 1. The summed E-state index contributed by atoms with van der Waals surface area (Å²) in [5, 5.41) is 4.07. The van der Waals surface area contributed by atoms with Crippen LogP contribution in [0.5, 0.6) is 5.75 Å². The Hall–Kier alpha value is -1.19. The van der Waals surface area contributed by atoms with Gasteiger partial charge in [-0.05, 0) is 58.7 Å². The standard InChI is InChI=1S/C15H15BrClNO/c1-11-10-12(6-7-14(11)17)19-9-8-18-15-5-3-2-4-13(15)16/h2-7,10,18H,8-9H2,1H3. The van der Waals surface area contributed by atoms with Crippen molar-refractivity contribution in [3.05, 3.63) is 57.5 Å². The van der Waals surface area contributed by atoms with Crippen molar-refractivity contribution in [2.24, 2.45) is 0 Å². The zero-order valence-corrected chi connectivity index (χ0v) is 13.0. The lowest BCUT2D eigenvalue weighted by molar-refractivity contribution is 0.332. The molecule has 2 aromatic carbocycles. The molecule has 4 heteroatoms. The van der Waals surface area contributed by atoms with Gasteiger partial charge in [-0.2, -0.15) is 0 Å². The highest BCUT2D eigenvalue weighted by molar-refractivity contribution is 9.10. The van der Waals surface area contributed by atoms with E-state index < -0.39 is 0 Å². The zero-order chi connectivity index (χ0) is 13.7. The first-order valence-electron chi connectivity index (χ1n) is 6.04. The summed E-state index contributed by atoms with van der Waals surface area (Å²) < 4.78 is 6.72. The van der Waals surface area contributed by atoms with Gasteiger partial charge in [0.25, 0.3) is 0 Å². The van der Waals surface area contributed by atoms with E-state index in [0.717, 1.165) is 33.0 Å². The van der Waals surface area contributed by atoms with Crippen LogP contribution in [-0.4, -0.2) is 13.2 Å². The van der Waals surface area contributed by atoms with Crippen molar-refractivity contribution in [2.45, 2.75) is 6.92 Å². The Balaban J connectivity index is 1.81. The third-order valence-electron chi connectivity index (χ3n) is 2.69. The minimum Gasteiger partial charge on any atom is -0.492 e.